The molecule has 1 aromatic heterocycles. The van der Waals surface area contributed by atoms with Crippen molar-refractivity contribution in [2.45, 2.75) is 17.5 Å². The van der Waals surface area contributed by atoms with Crippen molar-refractivity contribution in [3.63, 3.8) is 0 Å². The molecule has 0 radical (unpaired) electrons. The van der Waals surface area contributed by atoms with Gasteiger partial charge in [-0.25, -0.2) is 0 Å². The molecule has 7 rings (SSSR count). The number of ketones is 2. The van der Waals surface area contributed by atoms with Crippen LogP contribution in [0.3, 0.4) is 0 Å². The largest absolute Gasteiger partial charge is 0.478 e. The molecule has 41 heavy (non-hydrogen) atoms. The van der Waals surface area contributed by atoms with E-state index < -0.39 is 23.4 Å². The molecule has 3 aliphatic rings. The first kappa shape index (κ1) is 25.0. The van der Waals surface area contributed by atoms with Crippen LogP contribution in [0.25, 0.3) is 6.08 Å². The second-order valence-electron chi connectivity index (χ2n) is 10.2. The number of hydrogen-bond acceptors (Lipinski definition) is 7. The Bertz CT molecular complexity index is 1790. The molecule has 3 aromatic carbocycles. The van der Waals surface area contributed by atoms with Crippen LogP contribution >= 0.6 is 11.3 Å². The van der Waals surface area contributed by atoms with Crippen LogP contribution in [0.4, 0.5) is 5.69 Å². The number of anilines is 1. The van der Waals surface area contributed by atoms with E-state index in [4.69, 9.17) is 10.00 Å². The summed E-state index contributed by atoms with van der Waals surface area (Å²) < 4.78 is 5.64. The lowest BCUT2D eigenvalue weighted by Gasteiger charge is -2.38. The average Bonchev–Trinajstić information content (AvgIpc) is 3.72. The summed E-state index contributed by atoms with van der Waals surface area (Å²) in [4.78, 5) is 46.2. The van der Waals surface area contributed by atoms with Gasteiger partial charge >= 0.3 is 0 Å². The molecule has 3 aliphatic heterocycles. The average molecular weight is 558 g/mol. The lowest BCUT2D eigenvalue weighted by Crippen LogP contribution is -2.49. The van der Waals surface area contributed by atoms with Crippen molar-refractivity contribution in [1.29, 1.82) is 5.26 Å². The van der Waals surface area contributed by atoms with E-state index in [2.05, 4.69) is 5.32 Å². The van der Waals surface area contributed by atoms with E-state index in [1.165, 1.54) is 11.3 Å². The molecule has 1 saturated heterocycles. The molecule has 4 aromatic rings. The number of rotatable bonds is 6. The van der Waals surface area contributed by atoms with Crippen LogP contribution in [0.1, 0.15) is 42.8 Å². The molecule has 1 N–H and O–H groups in total. The van der Waals surface area contributed by atoms with Crippen molar-refractivity contribution >= 4 is 40.6 Å². The fraction of sp³-hybridized carbons (Fsp3) is 0.152. The van der Waals surface area contributed by atoms with Gasteiger partial charge in [0.1, 0.15) is 23.3 Å². The maximum absolute atomic E-state index is 14.7. The highest BCUT2D eigenvalue weighted by atomic mass is 32.1. The summed E-state index contributed by atoms with van der Waals surface area (Å²) in [6.07, 6.45) is 3.76. The summed E-state index contributed by atoms with van der Waals surface area (Å²) in [5, 5.41) is 14.0. The van der Waals surface area contributed by atoms with Crippen molar-refractivity contribution in [2.24, 2.45) is 5.92 Å². The summed E-state index contributed by atoms with van der Waals surface area (Å²) in [7, 11) is 0. The molecule has 1 spiro atoms. The number of nitrogens with one attached hydrogen (secondary N) is 1. The number of nitrogens with zero attached hydrogens (tertiary/aromatic N) is 2. The third-order valence-corrected chi connectivity index (χ3v) is 9.21. The van der Waals surface area contributed by atoms with E-state index in [1.807, 2.05) is 77.2 Å². The first-order valence-corrected chi connectivity index (χ1v) is 14.1. The Morgan fingerprint density at radius 3 is 2.59 bits per heavy atom. The topological polar surface area (TPSA) is 99.5 Å². The number of ether oxygens (including phenoxy) is 1. The first-order chi connectivity index (χ1) is 20.1. The van der Waals surface area contributed by atoms with Crippen LogP contribution in [0.5, 0.6) is 5.75 Å². The van der Waals surface area contributed by atoms with Crippen molar-refractivity contribution in [3.8, 4) is 11.8 Å². The number of hydrogen-bond donors (Lipinski definition) is 1. The Kier molecular flexibility index (Phi) is 5.84. The summed E-state index contributed by atoms with van der Waals surface area (Å²) in [5.41, 5.74) is 2.00. The third-order valence-electron chi connectivity index (χ3n) is 8.33. The second kappa shape index (κ2) is 9.58. The first-order valence-electron chi connectivity index (χ1n) is 13.2. The number of para-hydroxylation sites is 2. The second-order valence-corrected chi connectivity index (χ2v) is 11.2. The molecule has 200 valence electrons. The van der Waals surface area contributed by atoms with E-state index in [9.17, 15) is 14.4 Å². The standard InChI is InChI=1S/C33H23N3O4S/c34-16-18-40-25-13-6-3-10-22(25)29(37)28-27(30(38)26-14-7-19-41-26)33(23-11-4-5-12-24(23)35-32(33)39)31-21-9-2-1-8-20(21)15-17-36(28)31/h1-15,17,19,27-28,31H,18H2,(H,35,39)/t27-,28+,31+,33+/m1/s1. The SMILES string of the molecule is N#CCOc1ccccc1C(=O)[C@@H]1[C@H](C(=O)c2cccs2)[C@]2(C(=O)Nc3ccccc32)[C@@H]2c3ccccc3C=CN12. The minimum absolute atomic E-state index is 0.230. The highest BCUT2D eigenvalue weighted by Gasteiger charge is 2.71. The van der Waals surface area contributed by atoms with Crippen LogP contribution < -0.4 is 10.1 Å². The molecule has 7 nitrogen and oxygen atoms in total. The summed E-state index contributed by atoms with van der Waals surface area (Å²) >= 11 is 1.30. The van der Waals surface area contributed by atoms with Crippen molar-refractivity contribution in [2.75, 3.05) is 11.9 Å². The van der Waals surface area contributed by atoms with E-state index in [0.29, 0.717) is 16.1 Å². The Balaban J connectivity index is 1.52. The lowest BCUT2D eigenvalue weighted by molar-refractivity contribution is -0.122. The number of carbonyl (C=O) groups excluding carboxylic acids is 3. The van der Waals surface area contributed by atoms with Gasteiger partial charge in [0, 0.05) is 11.9 Å². The zero-order valence-electron chi connectivity index (χ0n) is 21.7. The molecule has 4 heterocycles. The normalized spacial score (nSPS) is 23.3. The molecule has 1 amide bonds. The monoisotopic (exact) mass is 557 g/mol. The van der Waals surface area contributed by atoms with Gasteiger partial charge in [-0.2, -0.15) is 5.26 Å². The van der Waals surface area contributed by atoms with Gasteiger partial charge in [-0.15, -0.1) is 11.3 Å². The van der Waals surface area contributed by atoms with Gasteiger partial charge in [0.2, 0.25) is 5.91 Å². The quantitative estimate of drug-likeness (QED) is 0.309. The third kappa shape index (κ3) is 3.52. The van der Waals surface area contributed by atoms with Gasteiger partial charge in [0.25, 0.3) is 0 Å². The van der Waals surface area contributed by atoms with Gasteiger partial charge in [-0.3, -0.25) is 14.4 Å². The molecule has 8 heteroatoms. The Morgan fingerprint density at radius 1 is 0.976 bits per heavy atom. The van der Waals surface area contributed by atoms with Gasteiger partial charge in [0.15, 0.2) is 18.2 Å². The summed E-state index contributed by atoms with van der Waals surface area (Å²) in [6.45, 7) is -0.230. The van der Waals surface area contributed by atoms with Gasteiger partial charge in [-0.05, 0) is 52.4 Å². The molecular formula is C33H23N3O4S. The van der Waals surface area contributed by atoms with E-state index in [0.717, 1.165) is 11.1 Å². The van der Waals surface area contributed by atoms with E-state index >= 15 is 0 Å². The smallest absolute Gasteiger partial charge is 0.238 e. The molecular weight excluding hydrogens is 534 g/mol. The predicted molar refractivity (Wildman–Crippen MR) is 155 cm³/mol. The van der Waals surface area contributed by atoms with Gasteiger partial charge < -0.3 is 15.0 Å². The zero-order valence-corrected chi connectivity index (χ0v) is 22.5. The van der Waals surface area contributed by atoms with Crippen LogP contribution in [0.2, 0.25) is 0 Å². The molecule has 4 atom stereocenters. The molecule has 1 fully saturated rings. The van der Waals surface area contributed by atoms with Crippen LogP contribution in [0, 0.1) is 17.2 Å². The summed E-state index contributed by atoms with van der Waals surface area (Å²) in [6, 6.07) is 25.8. The fourth-order valence-corrected chi connectivity index (χ4v) is 7.51. The number of benzene rings is 3. The minimum Gasteiger partial charge on any atom is -0.478 e. The highest BCUT2D eigenvalue weighted by Crippen LogP contribution is 2.62. The molecule has 0 unspecified atom stereocenters. The Labute approximate surface area is 240 Å². The van der Waals surface area contributed by atoms with E-state index in [1.54, 1.807) is 36.4 Å². The van der Waals surface area contributed by atoms with Crippen molar-refractivity contribution in [1.82, 2.24) is 4.90 Å². The minimum atomic E-state index is -1.39. The van der Waals surface area contributed by atoms with E-state index in [-0.39, 0.29) is 35.4 Å². The van der Waals surface area contributed by atoms with Crippen LogP contribution in [-0.4, -0.2) is 35.0 Å². The van der Waals surface area contributed by atoms with Gasteiger partial charge in [0.05, 0.1) is 22.4 Å². The predicted octanol–water partition coefficient (Wildman–Crippen LogP) is 5.63. The van der Waals surface area contributed by atoms with Crippen LogP contribution in [0.15, 0.2) is 96.5 Å². The Hall–Kier alpha value is -5.00. The molecule has 0 saturated carbocycles. The maximum atomic E-state index is 14.7. The zero-order chi connectivity index (χ0) is 28.1. The number of carbonyl (C=O) groups is 3. The number of nitriles is 1. The number of amides is 1. The number of fused-ring (bicyclic) bond motifs is 6. The maximum Gasteiger partial charge on any atom is 0.238 e. The number of Topliss-reactive ketones (excluding diaryl/α,β-unsaturated/α-hetero) is 2. The van der Waals surface area contributed by atoms with Crippen molar-refractivity contribution in [3.05, 3.63) is 124 Å². The lowest BCUT2D eigenvalue weighted by atomic mass is 9.63. The molecule has 0 aliphatic carbocycles. The highest BCUT2D eigenvalue weighted by molar-refractivity contribution is 7.12. The molecule has 0 bridgehead atoms. The van der Waals surface area contributed by atoms with Gasteiger partial charge in [-0.1, -0.05) is 60.7 Å². The number of thiophene rings is 1. The van der Waals surface area contributed by atoms with Crippen LogP contribution in [-0.2, 0) is 10.2 Å². The summed E-state index contributed by atoms with van der Waals surface area (Å²) in [5.74, 6) is -1.71. The Morgan fingerprint density at radius 2 is 1.76 bits per heavy atom. The van der Waals surface area contributed by atoms with Crippen molar-refractivity contribution < 1.29 is 19.1 Å². The fourth-order valence-electron chi connectivity index (χ4n) is 6.81.